The third-order valence-electron chi connectivity index (χ3n) is 6.56. The fraction of sp³-hybridized carbons (Fsp3) is 0.129. The molecule has 0 atom stereocenters. The Hall–Kier alpha value is -4.50. The molecule has 0 radical (unpaired) electrons. The molecule has 0 saturated heterocycles. The lowest BCUT2D eigenvalue weighted by Crippen LogP contribution is -2.36. The van der Waals surface area contributed by atoms with Gasteiger partial charge in [0.1, 0.15) is 5.75 Å². The maximum absolute atomic E-state index is 14.3. The van der Waals surface area contributed by atoms with Crippen molar-refractivity contribution in [2.75, 3.05) is 23.8 Å². The largest absolute Gasteiger partial charge is 0.454 e. The van der Waals surface area contributed by atoms with Crippen molar-refractivity contribution in [2.24, 2.45) is 0 Å². The number of anilines is 2. The SMILES string of the molecule is CN(Cc1ccccc1Oc1ccc(Br)cc1F)C(=O)C(=O)Nc1ccc(C(=O)N2CCc3ccccc32)cc1. The number of hydrogen-bond acceptors (Lipinski definition) is 4. The molecular weight excluding hydrogens is 577 g/mol. The Kier molecular flexibility index (Phi) is 7.93. The highest BCUT2D eigenvalue weighted by Gasteiger charge is 2.25. The fourth-order valence-electron chi connectivity index (χ4n) is 4.50. The van der Waals surface area contributed by atoms with E-state index in [1.165, 1.54) is 24.1 Å². The summed E-state index contributed by atoms with van der Waals surface area (Å²) in [4.78, 5) is 41.6. The molecule has 1 heterocycles. The van der Waals surface area contributed by atoms with Crippen LogP contribution in [-0.2, 0) is 22.6 Å². The van der Waals surface area contributed by atoms with Gasteiger partial charge in [0, 0.05) is 47.1 Å². The second kappa shape index (κ2) is 11.7. The second-order valence-electron chi connectivity index (χ2n) is 9.31. The number of amides is 3. The van der Waals surface area contributed by atoms with Gasteiger partial charge in [0.2, 0.25) is 0 Å². The number of nitrogens with zero attached hydrogens (tertiary/aromatic N) is 2. The molecule has 0 bridgehead atoms. The van der Waals surface area contributed by atoms with E-state index >= 15 is 0 Å². The number of fused-ring (bicyclic) bond motifs is 1. The van der Waals surface area contributed by atoms with Crippen molar-refractivity contribution >= 4 is 45.0 Å². The van der Waals surface area contributed by atoms with Gasteiger partial charge in [0.15, 0.2) is 11.6 Å². The van der Waals surface area contributed by atoms with E-state index in [1.54, 1.807) is 59.5 Å². The van der Waals surface area contributed by atoms with Crippen LogP contribution in [0.25, 0.3) is 0 Å². The highest BCUT2D eigenvalue weighted by atomic mass is 79.9. The van der Waals surface area contributed by atoms with Crippen LogP contribution in [0.5, 0.6) is 11.5 Å². The van der Waals surface area contributed by atoms with Crippen molar-refractivity contribution in [1.29, 1.82) is 0 Å². The zero-order valence-corrected chi connectivity index (χ0v) is 23.2. The van der Waals surface area contributed by atoms with Gasteiger partial charge in [0.25, 0.3) is 5.91 Å². The summed E-state index contributed by atoms with van der Waals surface area (Å²) in [6, 6.07) is 25.6. The summed E-state index contributed by atoms with van der Waals surface area (Å²) in [5.74, 6) is -1.85. The van der Waals surface area contributed by atoms with Gasteiger partial charge in [-0.05, 0) is 66.6 Å². The van der Waals surface area contributed by atoms with E-state index in [0.717, 1.165) is 17.7 Å². The van der Waals surface area contributed by atoms with Gasteiger partial charge >= 0.3 is 11.8 Å². The van der Waals surface area contributed by atoms with E-state index in [2.05, 4.69) is 21.2 Å². The standard InChI is InChI=1S/C31H25BrFN3O4/c1-35(19-22-7-3-5-9-27(22)40-28-15-12-23(32)18-25(28)33)31(39)29(37)34-24-13-10-21(11-14-24)30(38)36-17-16-20-6-2-4-8-26(20)36/h2-15,18H,16-17,19H2,1H3,(H,34,37). The molecule has 4 aromatic carbocycles. The summed E-state index contributed by atoms with van der Waals surface area (Å²) in [7, 11) is 1.49. The van der Waals surface area contributed by atoms with Crippen LogP contribution in [0, 0.1) is 5.82 Å². The average molecular weight is 602 g/mol. The lowest BCUT2D eigenvalue weighted by Gasteiger charge is -2.19. The summed E-state index contributed by atoms with van der Waals surface area (Å²) in [6.07, 6.45) is 0.809. The summed E-state index contributed by atoms with van der Waals surface area (Å²) < 4.78 is 20.6. The molecule has 0 fully saturated rings. The number of nitrogens with one attached hydrogen (secondary N) is 1. The van der Waals surface area contributed by atoms with E-state index in [9.17, 15) is 18.8 Å². The second-order valence-corrected chi connectivity index (χ2v) is 10.2. The van der Waals surface area contributed by atoms with Crippen molar-refractivity contribution in [3.63, 3.8) is 0 Å². The number of likely N-dealkylation sites (N-methyl/N-ethyl adjacent to an activating group) is 1. The number of halogens is 2. The lowest BCUT2D eigenvalue weighted by atomic mass is 10.1. The van der Waals surface area contributed by atoms with Crippen LogP contribution in [0.4, 0.5) is 15.8 Å². The van der Waals surface area contributed by atoms with Gasteiger partial charge in [-0.1, -0.05) is 52.3 Å². The Morgan fingerprint density at radius 3 is 2.45 bits per heavy atom. The molecule has 0 aromatic heterocycles. The van der Waals surface area contributed by atoms with Crippen molar-refractivity contribution in [2.45, 2.75) is 13.0 Å². The summed E-state index contributed by atoms with van der Waals surface area (Å²) in [6.45, 7) is 0.676. The zero-order valence-electron chi connectivity index (χ0n) is 21.6. The van der Waals surface area contributed by atoms with Crippen LogP contribution < -0.4 is 15.0 Å². The van der Waals surface area contributed by atoms with Gasteiger partial charge < -0.3 is 19.9 Å². The number of benzene rings is 4. The predicted octanol–water partition coefficient (Wildman–Crippen LogP) is 6.18. The van der Waals surface area contributed by atoms with Crippen LogP contribution >= 0.6 is 15.9 Å². The Morgan fingerprint density at radius 1 is 0.950 bits per heavy atom. The number of ether oxygens (including phenoxy) is 1. The normalized spacial score (nSPS) is 12.0. The van der Waals surface area contributed by atoms with Crippen LogP contribution in [0.15, 0.2) is 95.5 Å². The average Bonchev–Trinajstić information content (AvgIpc) is 3.39. The van der Waals surface area contributed by atoms with E-state index in [-0.39, 0.29) is 18.2 Å². The van der Waals surface area contributed by atoms with Gasteiger partial charge in [0.05, 0.1) is 0 Å². The topological polar surface area (TPSA) is 79.0 Å². The van der Waals surface area contributed by atoms with E-state index in [0.29, 0.717) is 33.6 Å². The molecule has 0 unspecified atom stereocenters. The fourth-order valence-corrected chi connectivity index (χ4v) is 4.83. The van der Waals surface area contributed by atoms with Gasteiger partial charge in [-0.25, -0.2) is 4.39 Å². The molecule has 1 aliphatic heterocycles. The molecule has 0 aliphatic carbocycles. The van der Waals surface area contributed by atoms with E-state index in [4.69, 9.17) is 4.74 Å². The summed E-state index contributed by atoms with van der Waals surface area (Å²) >= 11 is 3.22. The predicted molar refractivity (Wildman–Crippen MR) is 154 cm³/mol. The summed E-state index contributed by atoms with van der Waals surface area (Å²) in [5.41, 5.74) is 3.51. The molecule has 4 aromatic rings. The van der Waals surface area contributed by atoms with Crippen LogP contribution in [0.1, 0.15) is 21.5 Å². The number of rotatable bonds is 6. The molecular formula is C31H25BrFN3O4. The molecule has 0 spiro atoms. The number of para-hydroxylation sites is 2. The van der Waals surface area contributed by atoms with Crippen molar-refractivity contribution in [3.05, 3.63) is 118 Å². The quantitative estimate of drug-likeness (QED) is 0.268. The first kappa shape index (κ1) is 27.1. The minimum atomic E-state index is -0.826. The molecule has 40 heavy (non-hydrogen) atoms. The van der Waals surface area contributed by atoms with Crippen LogP contribution in [-0.4, -0.2) is 36.2 Å². The number of carbonyl (C=O) groups is 3. The first-order valence-electron chi connectivity index (χ1n) is 12.6. The van der Waals surface area contributed by atoms with Crippen molar-refractivity contribution in [3.8, 4) is 11.5 Å². The first-order chi connectivity index (χ1) is 19.3. The number of carbonyl (C=O) groups excluding carboxylic acids is 3. The third kappa shape index (κ3) is 5.89. The van der Waals surface area contributed by atoms with E-state index < -0.39 is 17.6 Å². The third-order valence-corrected chi connectivity index (χ3v) is 7.05. The molecule has 202 valence electrons. The lowest BCUT2D eigenvalue weighted by molar-refractivity contribution is -0.142. The Balaban J connectivity index is 1.21. The van der Waals surface area contributed by atoms with Gasteiger partial charge in [-0.15, -0.1) is 0 Å². The van der Waals surface area contributed by atoms with Crippen molar-refractivity contribution in [1.82, 2.24) is 4.90 Å². The highest BCUT2D eigenvalue weighted by Crippen LogP contribution is 2.31. The molecule has 5 rings (SSSR count). The molecule has 1 aliphatic rings. The van der Waals surface area contributed by atoms with Gasteiger partial charge in [-0.2, -0.15) is 0 Å². The minimum Gasteiger partial charge on any atom is -0.454 e. The maximum atomic E-state index is 14.3. The molecule has 9 heteroatoms. The number of hydrogen-bond donors (Lipinski definition) is 1. The Labute approximate surface area is 239 Å². The molecule has 3 amide bonds. The minimum absolute atomic E-state index is 0.0400. The van der Waals surface area contributed by atoms with E-state index in [1.807, 2.05) is 24.3 Å². The monoisotopic (exact) mass is 601 g/mol. The van der Waals surface area contributed by atoms with Crippen LogP contribution in [0.2, 0.25) is 0 Å². The zero-order chi connectivity index (χ0) is 28.2. The smallest absolute Gasteiger partial charge is 0.313 e. The Morgan fingerprint density at radius 2 is 1.68 bits per heavy atom. The van der Waals surface area contributed by atoms with Gasteiger partial charge in [-0.3, -0.25) is 14.4 Å². The molecule has 7 nitrogen and oxygen atoms in total. The Bertz CT molecular complexity index is 1590. The molecule has 1 N–H and O–H groups in total. The van der Waals surface area contributed by atoms with Crippen molar-refractivity contribution < 1.29 is 23.5 Å². The maximum Gasteiger partial charge on any atom is 0.313 e. The van der Waals surface area contributed by atoms with Crippen LogP contribution in [0.3, 0.4) is 0 Å². The summed E-state index contributed by atoms with van der Waals surface area (Å²) in [5, 5.41) is 2.59. The molecule has 0 saturated carbocycles. The first-order valence-corrected chi connectivity index (χ1v) is 13.4. The highest BCUT2D eigenvalue weighted by molar-refractivity contribution is 9.10.